The molecule has 0 aliphatic heterocycles. The van der Waals surface area contributed by atoms with Crippen molar-refractivity contribution in [1.29, 1.82) is 0 Å². The fraction of sp³-hybridized carbons (Fsp3) is 0.0714. The molecule has 2 rings (SSSR count). The molecular weight excluding hydrogens is 248 g/mol. The predicted molar refractivity (Wildman–Crippen MR) is 78.0 cm³/mol. The van der Waals surface area contributed by atoms with Crippen LogP contribution in [-0.4, -0.2) is 5.78 Å². The molecule has 4 heteroatoms. The van der Waals surface area contributed by atoms with E-state index >= 15 is 0 Å². The van der Waals surface area contributed by atoms with Gasteiger partial charge in [0.15, 0.2) is 5.78 Å². The Bertz CT molecular complexity index is 582. The number of ketones is 1. The topological polar surface area (TPSA) is 69.1 Å². The maximum absolute atomic E-state index is 11.3. The number of nitrogens with two attached hydrogens (primary N) is 2. The van der Waals surface area contributed by atoms with E-state index in [1.54, 1.807) is 25.1 Å². The molecule has 0 fully saturated rings. The Morgan fingerprint density at radius 1 is 1.06 bits per heavy atom. The Labute approximate surface area is 112 Å². The first-order valence-corrected chi connectivity index (χ1v) is 5.34. The summed E-state index contributed by atoms with van der Waals surface area (Å²) in [5, 5.41) is 0. The molecule has 0 aromatic heterocycles. The van der Waals surface area contributed by atoms with Gasteiger partial charge in [-0.05, 0) is 30.7 Å². The minimum absolute atomic E-state index is 0. The number of halogens is 1. The van der Waals surface area contributed by atoms with Crippen molar-refractivity contribution in [3.05, 3.63) is 48.0 Å². The Balaban J connectivity index is 0.00000162. The zero-order valence-corrected chi connectivity index (χ0v) is 10.8. The van der Waals surface area contributed by atoms with Crippen LogP contribution in [0.5, 0.6) is 0 Å². The molecular formula is C14H15ClN2O. The molecule has 3 nitrogen and oxygen atoms in total. The van der Waals surface area contributed by atoms with Gasteiger partial charge in [-0.1, -0.05) is 24.3 Å². The summed E-state index contributed by atoms with van der Waals surface area (Å²) in [6.07, 6.45) is 0. The second-order valence-corrected chi connectivity index (χ2v) is 3.98. The zero-order chi connectivity index (χ0) is 12.4. The second-order valence-electron chi connectivity index (χ2n) is 3.98. The SMILES string of the molecule is CC(=O)c1cccc(-c2ccc(N)cc2N)c1.Cl. The standard InChI is InChI=1S/C14H14N2O.ClH/c1-9(17)10-3-2-4-11(7-10)13-6-5-12(15)8-14(13)16;/h2-8H,15-16H2,1H3;1H. The number of benzene rings is 2. The van der Waals surface area contributed by atoms with E-state index in [1.165, 1.54) is 0 Å². The van der Waals surface area contributed by atoms with Crippen LogP contribution in [0.25, 0.3) is 11.1 Å². The number of rotatable bonds is 2. The summed E-state index contributed by atoms with van der Waals surface area (Å²) in [5.41, 5.74) is 15.3. The molecule has 0 atom stereocenters. The van der Waals surface area contributed by atoms with Crippen LogP contribution >= 0.6 is 12.4 Å². The maximum Gasteiger partial charge on any atom is 0.159 e. The number of carbonyl (C=O) groups is 1. The average molecular weight is 263 g/mol. The molecule has 0 saturated heterocycles. The molecule has 0 heterocycles. The van der Waals surface area contributed by atoms with Crippen molar-refractivity contribution < 1.29 is 4.79 Å². The average Bonchev–Trinajstić information content (AvgIpc) is 2.29. The third-order valence-electron chi connectivity index (χ3n) is 2.66. The lowest BCUT2D eigenvalue weighted by Crippen LogP contribution is -1.95. The van der Waals surface area contributed by atoms with Crippen molar-refractivity contribution >= 4 is 29.6 Å². The molecule has 0 amide bonds. The molecule has 0 unspecified atom stereocenters. The van der Waals surface area contributed by atoms with Crippen LogP contribution in [0, 0.1) is 0 Å². The second kappa shape index (κ2) is 5.56. The van der Waals surface area contributed by atoms with E-state index in [0.29, 0.717) is 16.9 Å². The Hall–Kier alpha value is -2.00. The van der Waals surface area contributed by atoms with Gasteiger partial charge in [-0.15, -0.1) is 12.4 Å². The Kier molecular flexibility index (Phi) is 4.34. The Morgan fingerprint density at radius 3 is 2.39 bits per heavy atom. The highest BCUT2D eigenvalue weighted by molar-refractivity contribution is 5.95. The molecule has 4 N–H and O–H groups in total. The fourth-order valence-corrected chi connectivity index (χ4v) is 1.75. The zero-order valence-electron chi connectivity index (χ0n) is 10.0. The van der Waals surface area contributed by atoms with Crippen LogP contribution in [0.4, 0.5) is 11.4 Å². The monoisotopic (exact) mass is 262 g/mol. The highest BCUT2D eigenvalue weighted by atomic mass is 35.5. The van der Waals surface area contributed by atoms with Crippen LogP contribution in [-0.2, 0) is 0 Å². The molecule has 94 valence electrons. The summed E-state index contributed by atoms with van der Waals surface area (Å²) < 4.78 is 0. The van der Waals surface area contributed by atoms with Crippen molar-refractivity contribution in [2.45, 2.75) is 6.92 Å². The molecule has 0 bridgehead atoms. The molecule has 2 aromatic rings. The normalized spacial score (nSPS) is 9.61. The van der Waals surface area contributed by atoms with Gasteiger partial charge in [0.2, 0.25) is 0 Å². The van der Waals surface area contributed by atoms with E-state index in [-0.39, 0.29) is 18.2 Å². The maximum atomic E-state index is 11.3. The highest BCUT2D eigenvalue weighted by Crippen LogP contribution is 2.28. The van der Waals surface area contributed by atoms with Crippen molar-refractivity contribution in [2.24, 2.45) is 0 Å². The van der Waals surface area contributed by atoms with E-state index < -0.39 is 0 Å². The van der Waals surface area contributed by atoms with E-state index in [4.69, 9.17) is 11.5 Å². The number of carbonyl (C=O) groups excluding carboxylic acids is 1. The van der Waals surface area contributed by atoms with Crippen molar-refractivity contribution in [3.63, 3.8) is 0 Å². The molecule has 0 radical (unpaired) electrons. The summed E-state index contributed by atoms with van der Waals surface area (Å²) in [5.74, 6) is 0.0425. The smallest absolute Gasteiger partial charge is 0.159 e. The number of anilines is 2. The lowest BCUT2D eigenvalue weighted by Gasteiger charge is -2.07. The molecule has 0 saturated carbocycles. The van der Waals surface area contributed by atoms with Crippen molar-refractivity contribution in [2.75, 3.05) is 11.5 Å². The lowest BCUT2D eigenvalue weighted by molar-refractivity contribution is 0.101. The van der Waals surface area contributed by atoms with E-state index in [9.17, 15) is 4.79 Å². The molecule has 2 aromatic carbocycles. The third-order valence-corrected chi connectivity index (χ3v) is 2.66. The number of Topliss-reactive ketones (excluding diaryl/α,β-unsaturated/α-hetero) is 1. The van der Waals surface area contributed by atoms with Crippen molar-refractivity contribution in [1.82, 2.24) is 0 Å². The van der Waals surface area contributed by atoms with E-state index in [0.717, 1.165) is 11.1 Å². The van der Waals surface area contributed by atoms with E-state index in [2.05, 4.69) is 0 Å². The molecule has 0 spiro atoms. The van der Waals surface area contributed by atoms with Gasteiger partial charge in [0.05, 0.1) is 0 Å². The van der Waals surface area contributed by atoms with Crippen LogP contribution in [0.15, 0.2) is 42.5 Å². The Morgan fingerprint density at radius 2 is 1.78 bits per heavy atom. The van der Waals surface area contributed by atoms with Gasteiger partial charge in [-0.2, -0.15) is 0 Å². The van der Waals surface area contributed by atoms with E-state index in [1.807, 2.05) is 24.3 Å². The van der Waals surface area contributed by atoms with Gasteiger partial charge in [0.1, 0.15) is 0 Å². The summed E-state index contributed by atoms with van der Waals surface area (Å²) >= 11 is 0. The first kappa shape index (κ1) is 14.1. The summed E-state index contributed by atoms with van der Waals surface area (Å²) in [4.78, 5) is 11.3. The largest absolute Gasteiger partial charge is 0.399 e. The number of nitrogen functional groups attached to an aromatic ring is 2. The first-order valence-electron chi connectivity index (χ1n) is 5.34. The van der Waals surface area contributed by atoms with Crippen molar-refractivity contribution in [3.8, 4) is 11.1 Å². The van der Waals surface area contributed by atoms with Crippen LogP contribution in [0.1, 0.15) is 17.3 Å². The van der Waals surface area contributed by atoms with Crippen LogP contribution in [0.3, 0.4) is 0 Å². The van der Waals surface area contributed by atoms with Crippen LogP contribution in [0.2, 0.25) is 0 Å². The van der Waals surface area contributed by atoms with Gasteiger partial charge >= 0.3 is 0 Å². The fourth-order valence-electron chi connectivity index (χ4n) is 1.75. The summed E-state index contributed by atoms with van der Waals surface area (Å²) in [7, 11) is 0. The quantitative estimate of drug-likeness (QED) is 0.645. The first-order chi connectivity index (χ1) is 8.08. The molecule has 18 heavy (non-hydrogen) atoms. The third kappa shape index (κ3) is 2.81. The minimum Gasteiger partial charge on any atom is -0.399 e. The highest BCUT2D eigenvalue weighted by Gasteiger charge is 2.05. The van der Waals surface area contributed by atoms with Crippen LogP contribution < -0.4 is 11.5 Å². The predicted octanol–water partition coefficient (Wildman–Crippen LogP) is 3.14. The summed E-state index contributed by atoms with van der Waals surface area (Å²) in [6.45, 7) is 1.55. The van der Waals surface area contributed by atoms with Gasteiger partial charge in [-0.3, -0.25) is 4.79 Å². The summed E-state index contributed by atoms with van der Waals surface area (Å²) in [6, 6.07) is 12.8. The van der Waals surface area contributed by atoms with Gasteiger partial charge in [-0.25, -0.2) is 0 Å². The minimum atomic E-state index is 0. The van der Waals surface area contributed by atoms with Gasteiger partial charge in [0.25, 0.3) is 0 Å². The molecule has 0 aliphatic rings. The molecule has 0 aliphatic carbocycles. The number of hydrogen-bond donors (Lipinski definition) is 2. The van der Waals surface area contributed by atoms with Gasteiger partial charge < -0.3 is 11.5 Å². The number of hydrogen-bond acceptors (Lipinski definition) is 3. The van der Waals surface area contributed by atoms with Gasteiger partial charge in [0, 0.05) is 22.5 Å². The lowest BCUT2D eigenvalue weighted by atomic mass is 10.00.